The van der Waals surface area contributed by atoms with Gasteiger partial charge in [-0.15, -0.1) is 0 Å². The molecule has 0 radical (unpaired) electrons. The molecule has 4 rings (SSSR count). The lowest BCUT2D eigenvalue weighted by Crippen LogP contribution is -2.30. The number of nitro benzene ring substituents is 1. The number of imide groups is 1. The zero-order chi connectivity index (χ0) is 21.3. The number of nitrogens with zero attached hydrogens (tertiary/aromatic N) is 2. The van der Waals surface area contributed by atoms with Gasteiger partial charge in [0, 0.05) is 17.7 Å². The number of amides is 3. The number of rotatable bonds is 5. The lowest BCUT2D eigenvalue weighted by atomic mass is 10.1. The van der Waals surface area contributed by atoms with Gasteiger partial charge in [0.15, 0.2) is 0 Å². The Labute approximate surface area is 175 Å². The fraction of sp³-hybridized carbons (Fsp3) is 0.0476. The normalized spacial score (nSPS) is 15.0. The minimum atomic E-state index is -0.578. The topological polar surface area (TPSA) is 106 Å². The van der Waals surface area contributed by atoms with E-state index in [1.165, 1.54) is 18.2 Å². The first-order chi connectivity index (χ1) is 14.4. The maximum atomic E-state index is 12.6. The number of halogens is 1. The third-order valence-electron chi connectivity index (χ3n) is 4.49. The van der Waals surface area contributed by atoms with Gasteiger partial charge >= 0.3 is 6.03 Å². The van der Waals surface area contributed by atoms with Crippen molar-refractivity contribution in [1.29, 1.82) is 0 Å². The summed E-state index contributed by atoms with van der Waals surface area (Å²) in [6.07, 6.45) is 1.42. The van der Waals surface area contributed by atoms with Gasteiger partial charge in [0.05, 0.1) is 11.5 Å². The molecule has 1 aromatic heterocycles. The van der Waals surface area contributed by atoms with E-state index in [0.29, 0.717) is 17.1 Å². The first kappa shape index (κ1) is 19.4. The molecule has 30 heavy (non-hydrogen) atoms. The van der Waals surface area contributed by atoms with Crippen LogP contribution in [0.1, 0.15) is 11.3 Å². The van der Waals surface area contributed by atoms with Crippen LogP contribution in [0.15, 0.2) is 70.8 Å². The zero-order valence-electron chi connectivity index (χ0n) is 15.4. The van der Waals surface area contributed by atoms with Gasteiger partial charge in [0.1, 0.15) is 22.2 Å². The maximum Gasteiger partial charge on any atom is 0.329 e. The van der Waals surface area contributed by atoms with Crippen LogP contribution in [0, 0.1) is 10.1 Å². The number of nitrogens with one attached hydrogen (secondary N) is 1. The quantitative estimate of drug-likeness (QED) is 0.279. The number of benzene rings is 2. The molecule has 1 fully saturated rings. The molecule has 2 heterocycles. The van der Waals surface area contributed by atoms with Crippen LogP contribution < -0.4 is 5.32 Å². The fourth-order valence-corrected chi connectivity index (χ4v) is 3.20. The van der Waals surface area contributed by atoms with Crippen LogP contribution in [-0.4, -0.2) is 21.8 Å². The summed E-state index contributed by atoms with van der Waals surface area (Å²) in [6.45, 7) is 0.153. The van der Waals surface area contributed by atoms with Gasteiger partial charge < -0.3 is 9.73 Å². The summed E-state index contributed by atoms with van der Waals surface area (Å²) in [5.74, 6) is 0.205. The number of hydrogen-bond donors (Lipinski definition) is 1. The Morgan fingerprint density at radius 1 is 1.10 bits per heavy atom. The molecule has 2 aromatic carbocycles. The minimum Gasteiger partial charge on any atom is -0.457 e. The Hall–Kier alpha value is -3.91. The van der Waals surface area contributed by atoms with Crippen LogP contribution in [0.5, 0.6) is 0 Å². The SMILES string of the molecule is O=C1N/C(=C/c2ccc(-c3ccc(Cl)c([N+](=O)[O-])c3)o2)C(=O)N1Cc1ccccc1. The predicted molar refractivity (Wildman–Crippen MR) is 109 cm³/mol. The summed E-state index contributed by atoms with van der Waals surface area (Å²) in [5.41, 5.74) is 1.13. The van der Waals surface area contributed by atoms with Crippen LogP contribution in [0.25, 0.3) is 17.4 Å². The molecular weight excluding hydrogens is 410 g/mol. The van der Waals surface area contributed by atoms with E-state index in [1.807, 2.05) is 30.3 Å². The molecule has 150 valence electrons. The number of furan rings is 1. The molecule has 1 aliphatic rings. The van der Waals surface area contributed by atoms with Gasteiger partial charge in [-0.3, -0.25) is 19.8 Å². The molecule has 0 aliphatic carbocycles. The van der Waals surface area contributed by atoms with E-state index in [4.69, 9.17) is 16.0 Å². The van der Waals surface area contributed by atoms with Gasteiger partial charge in [-0.1, -0.05) is 41.9 Å². The lowest BCUT2D eigenvalue weighted by molar-refractivity contribution is -0.384. The van der Waals surface area contributed by atoms with E-state index in [1.54, 1.807) is 18.2 Å². The number of hydrogen-bond acceptors (Lipinski definition) is 5. The van der Waals surface area contributed by atoms with Gasteiger partial charge in [-0.2, -0.15) is 0 Å². The molecule has 3 aromatic rings. The number of carbonyl (C=O) groups is 2. The molecule has 1 aliphatic heterocycles. The van der Waals surface area contributed by atoms with Crippen molar-refractivity contribution >= 4 is 35.3 Å². The van der Waals surface area contributed by atoms with Crippen molar-refractivity contribution in [1.82, 2.24) is 10.2 Å². The van der Waals surface area contributed by atoms with Crippen LogP contribution in [-0.2, 0) is 11.3 Å². The summed E-state index contributed by atoms with van der Waals surface area (Å²) >= 11 is 5.83. The van der Waals surface area contributed by atoms with E-state index in [0.717, 1.165) is 10.5 Å². The van der Waals surface area contributed by atoms with E-state index in [9.17, 15) is 19.7 Å². The molecule has 1 N–H and O–H groups in total. The Morgan fingerprint density at radius 3 is 2.60 bits per heavy atom. The van der Waals surface area contributed by atoms with Crippen molar-refractivity contribution in [3.63, 3.8) is 0 Å². The number of nitro groups is 1. The van der Waals surface area contributed by atoms with Crippen LogP contribution in [0.4, 0.5) is 10.5 Å². The van der Waals surface area contributed by atoms with Gasteiger partial charge in [-0.25, -0.2) is 4.79 Å². The maximum absolute atomic E-state index is 12.6. The number of urea groups is 1. The van der Waals surface area contributed by atoms with Crippen LogP contribution >= 0.6 is 11.6 Å². The third-order valence-corrected chi connectivity index (χ3v) is 4.81. The summed E-state index contributed by atoms with van der Waals surface area (Å²) in [6, 6.07) is 16.2. The van der Waals surface area contributed by atoms with Crippen molar-refractivity contribution in [2.45, 2.75) is 6.54 Å². The summed E-state index contributed by atoms with van der Waals surface area (Å²) in [4.78, 5) is 36.4. The van der Waals surface area contributed by atoms with Crippen LogP contribution in [0.2, 0.25) is 5.02 Å². The van der Waals surface area contributed by atoms with Crippen molar-refractivity contribution < 1.29 is 18.9 Å². The van der Waals surface area contributed by atoms with Gasteiger partial charge in [0.2, 0.25) is 0 Å². The standard InChI is InChI=1S/C21H14ClN3O5/c22-16-8-6-14(10-18(16)25(28)29)19-9-7-15(30-19)11-17-20(26)24(21(27)23-17)12-13-4-2-1-3-5-13/h1-11H,12H2,(H,23,27)/b17-11+. The molecule has 0 unspecified atom stereocenters. The Balaban J connectivity index is 1.56. The average Bonchev–Trinajstić information content (AvgIpc) is 3.29. The lowest BCUT2D eigenvalue weighted by Gasteiger charge is -2.11. The summed E-state index contributed by atoms with van der Waals surface area (Å²) in [5, 5.41) is 13.6. The first-order valence-electron chi connectivity index (χ1n) is 8.85. The third kappa shape index (κ3) is 3.81. The van der Waals surface area contributed by atoms with E-state index in [2.05, 4.69) is 5.32 Å². The van der Waals surface area contributed by atoms with E-state index < -0.39 is 16.9 Å². The largest absolute Gasteiger partial charge is 0.457 e. The predicted octanol–water partition coefficient (Wildman–Crippen LogP) is 4.60. The highest BCUT2D eigenvalue weighted by molar-refractivity contribution is 6.32. The molecule has 0 bridgehead atoms. The highest BCUT2D eigenvalue weighted by Gasteiger charge is 2.33. The van der Waals surface area contributed by atoms with Gasteiger partial charge in [0.25, 0.3) is 11.6 Å². The second kappa shape index (κ2) is 7.84. The van der Waals surface area contributed by atoms with Gasteiger partial charge in [-0.05, 0) is 29.8 Å². The fourth-order valence-electron chi connectivity index (χ4n) is 3.01. The Bertz CT molecular complexity index is 1190. The number of carbonyl (C=O) groups excluding carboxylic acids is 2. The summed E-state index contributed by atoms with van der Waals surface area (Å²) in [7, 11) is 0. The highest BCUT2D eigenvalue weighted by atomic mass is 35.5. The zero-order valence-corrected chi connectivity index (χ0v) is 16.1. The van der Waals surface area contributed by atoms with Crippen molar-refractivity contribution in [2.75, 3.05) is 0 Å². The summed E-state index contributed by atoms with van der Waals surface area (Å²) < 4.78 is 5.68. The first-order valence-corrected chi connectivity index (χ1v) is 9.23. The van der Waals surface area contributed by atoms with Crippen molar-refractivity contribution in [3.05, 3.63) is 92.8 Å². The van der Waals surface area contributed by atoms with E-state index >= 15 is 0 Å². The van der Waals surface area contributed by atoms with Crippen molar-refractivity contribution in [2.24, 2.45) is 0 Å². The molecule has 9 heteroatoms. The Kier molecular flexibility index (Phi) is 5.07. The molecule has 3 amide bonds. The molecule has 0 spiro atoms. The smallest absolute Gasteiger partial charge is 0.329 e. The highest BCUT2D eigenvalue weighted by Crippen LogP contribution is 2.31. The second-order valence-electron chi connectivity index (χ2n) is 6.49. The van der Waals surface area contributed by atoms with Crippen LogP contribution in [0.3, 0.4) is 0 Å². The van der Waals surface area contributed by atoms with E-state index in [-0.39, 0.29) is 23.0 Å². The monoisotopic (exact) mass is 423 g/mol. The average molecular weight is 424 g/mol. The minimum absolute atomic E-state index is 0.0235. The molecule has 0 atom stereocenters. The van der Waals surface area contributed by atoms with Crippen molar-refractivity contribution in [3.8, 4) is 11.3 Å². The molecule has 8 nitrogen and oxygen atoms in total. The molecule has 0 saturated carbocycles. The second-order valence-corrected chi connectivity index (χ2v) is 6.90. The molecular formula is C21H14ClN3O5. The molecule has 1 saturated heterocycles. The Morgan fingerprint density at radius 2 is 1.87 bits per heavy atom.